The second kappa shape index (κ2) is 6.91. The quantitative estimate of drug-likeness (QED) is 0.814. The highest BCUT2D eigenvalue weighted by molar-refractivity contribution is 7.99. The number of rotatable bonds is 5. The fourth-order valence-corrected chi connectivity index (χ4v) is 3.28. The molecule has 1 unspecified atom stereocenters. The Hall–Kier alpha value is -1.32. The summed E-state index contributed by atoms with van der Waals surface area (Å²) in [6.45, 7) is 4.24. The zero-order valence-electron chi connectivity index (χ0n) is 12.1. The third-order valence-electron chi connectivity index (χ3n) is 3.37. The molecular formula is C17H20FNS. The first kappa shape index (κ1) is 15.1. The Kier molecular flexibility index (Phi) is 5.21. The van der Waals surface area contributed by atoms with E-state index < -0.39 is 0 Å². The van der Waals surface area contributed by atoms with Gasteiger partial charge in [-0.2, -0.15) is 0 Å². The number of hydrogen-bond acceptors (Lipinski definition) is 2. The monoisotopic (exact) mass is 289 g/mol. The Balaban J connectivity index is 2.11. The van der Waals surface area contributed by atoms with Gasteiger partial charge in [0.25, 0.3) is 0 Å². The van der Waals surface area contributed by atoms with Gasteiger partial charge in [0.2, 0.25) is 0 Å². The van der Waals surface area contributed by atoms with Crippen LogP contribution >= 0.6 is 11.8 Å². The minimum Gasteiger partial charge on any atom is -0.312 e. The van der Waals surface area contributed by atoms with E-state index in [0.29, 0.717) is 0 Å². The van der Waals surface area contributed by atoms with Crippen LogP contribution in [0.15, 0.2) is 47.4 Å². The summed E-state index contributed by atoms with van der Waals surface area (Å²) in [5.74, 6) is 0.701. The molecule has 2 rings (SSSR count). The molecule has 0 saturated heterocycles. The summed E-state index contributed by atoms with van der Waals surface area (Å²) in [6.07, 6.45) is 0. The standard InChI is InChI=1S/C17H20FNS/c1-12-7-8-13(2)16(9-12)17(19-3)11-20-15-6-4-5-14(18)10-15/h4-10,17,19H,11H2,1-3H3. The third-order valence-corrected chi connectivity index (χ3v) is 4.46. The Morgan fingerprint density at radius 1 is 1.15 bits per heavy atom. The third kappa shape index (κ3) is 3.84. The SMILES string of the molecule is CNC(CSc1cccc(F)c1)c1cc(C)ccc1C. The van der Waals surface area contributed by atoms with E-state index in [2.05, 4.69) is 37.4 Å². The maximum Gasteiger partial charge on any atom is 0.124 e. The van der Waals surface area contributed by atoms with E-state index in [1.165, 1.54) is 22.8 Å². The van der Waals surface area contributed by atoms with Crippen LogP contribution in [-0.4, -0.2) is 12.8 Å². The van der Waals surface area contributed by atoms with Crippen molar-refractivity contribution in [2.24, 2.45) is 0 Å². The van der Waals surface area contributed by atoms with Crippen LogP contribution in [0.4, 0.5) is 4.39 Å². The summed E-state index contributed by atoms with van der Waals surface area (Å²) in [4.78, 5) is 0.968. The zero-order valence-corrected chi connectivity index (χ0v) is 12.9. The molecule has 0 radical (unpaired) electrons. The molecule has 106 valence electrons. The van der Waals surface area contributed by atoms with E-state index in [-0.39, 0.29) is 11.9 Å². The molecule has 0 fully saturated rings. The Labute approximate surface area is 124 Å². The number of hydrogen-bond donors (Lipinski definition) is 1. The lowest BCUT2D eigenvalue weighted by Crippen LogP contribution is -2.19. The normalized spacial score (nSPS) is 12.4. The van der Waals surface area contributed by atoms with Crippen LogP contribution < -0.4 is 5.32 Å². The first-order chi connectivity index (χ1) is 9.60. The molecule has 1 nitrogen and oxygen atoms in total. The van der Waals surface area contributed by atoms with Gasteiger partial charge in [0.1, 0.15) is 5.82 Å². The van der Waals surface area contributed by atoms with E-state index in [4.69, 9.17) is 0 Å². The summed E-state index contributed by atoms with van der Waals surface area (Å²) >= 11 is 1.67. The molecule has 3 heteroatoms. The zero-order chi connectivity index (χ0) is 14.5. The highest BCUT2D eigenvalue weighted by atomic mass is 32.2. The molecule has 2 aromatic rings. The van der Waals surface area contributed by atoms with Gasteiger partial charge in [-0.15, -0.1) is 11.8 Å². The van der Waals surface area contributed by atoms with E-state index in [1.807, 2.05) is 13.1 Å². The molecule has 0 aliphatic rings. The molecule has 1 N–H and O–H groups in total. The molecule has 0 aromatic heterocycles. The van der Waals surface area contributed by atoms with Crippen molar-refractivity contribution in [1.29, 1.82) is 0 Å². The molecule has 2 aromatic carbocycles. The second-order valence-electron chi connectivity index (χ2n) is 4.97. The fourth-order valence-electron chi connectivity index (χ4n) is 2.20. The Morgan fingerprint density at radius 2 is 1.95 bits per heavy atom. The average Bonchev–Trinajstić information content (AvgIpc) is 2.43. The van der Waals surface area contributed by atoms with E-state index in [0.717, 1.165) is 10.6 Å². The lowest BCUT2D eigenvalue weighted by atomic mass is 10.0. The van der Waals surface area contributed by atoms with Crippen molar-refractivity contribution in [2.75, 3.05) is 12.8 Å². The Morgan fingerprint density at radius 3 is 2.65 bits per heavy atom. The topological polar surface area (TPSA) is 12.0 Å². The largest absolute Gasteiger partial charge is 0.312 e. The van der Waals surface area contributed by atoms with Crippen LogP contribution in [0.3, 0.4) is 0 Å². The van der Waals surface area contributed by atoms with Gasteiger partial charge in [0.15, 0.2) is 0 Å². The fraction of sp³-hybridized carbons (Fsp3) is 0.294. The van der Waals surface area contributed by atoms with Crippen molar-refractivity contribution in [3.05, 3.63) is 65.0 Å². The molecule has 0 saturated carbocycles. The Bertz CT molecular complexity index is 583. The predicted octanol–water partition coefficient (Wildman–Crippen LogP) is 4.50. The van der Waals surface area contributed by atoms with Crippen LogP contribution in [0.25, 0.3) is 0 Å². The summed E-state index contributed by atoms with van der Waals surface area (Å²) in [5, 5.41) is 3.36. The van der Waals surface area contributed by atoms with Gasteiger partial charge in [-0.05, 0) is 50.2 Å². The summed E-state index contributed by atoms with van der Waals surface area (Å²) in [5.41, 5.74) is 3.87. The number of thioether (sulfide) groups is 1. The minimum absolute atomic E-state index is 0.178. The molecule has 1 atom stereocenters. The van der Waals surface area contributed by atoms with E-state index >= 15 is 0 Å². The molecule has 0 amide bonds. The van der Waals surface area contributed by atoms with Gasteiger partial charge < -0.3 is 5.32 Å². The molecule has 0 heterocycles. The van der Waals surface area contributed by atoms with Gasteiger partial charge in [-0.3, -0.25) is 0 Å². The lowest BCUT2D eigenvalue weighted by Gasteiger charge is -2.19. The highest BCUT2D eigenvalue weighted by Gasteiger charge is 2.12. The van der Waals surface area contributed by atoms with Crippen molar-refractivity contribution in [3.8, 4) is 0 Å². The number of aryl methyl sites for hydroxylation is 2. The summed E-state index contributed by atoms with van der Waals surface area (Å²) < 4.78 is 13.2. The van der Waals surface area contributed by atoms with Gasteiger partial charge >= 0.3 is 0 Å². The second-order valence-corrected chi connectivity index (χ2v) is 6.06. The van der Waals surface area contributed by atoms with Crippen molar-refractivity contribution in [3.63, 3.8) is 0 Å². The van der Waals surface area contributed by atoms with Crippen molar-refractivity contribution < 1.29 is 4.39 Å². The molecule has 0 bridgehead atoms. The van der Waals surface area contributed by atoms with Crippen LogP contribution in [0.5, 0.6) is 0 Å². The summed E-state index contributed by atoms with van der Waals surface area (Å²) in [7, 11) is 1.97. The lowest BCUT2D eigenvalue weighted by molar-refractivity contribution is 0.624. The first-order valence-electron chi connectivity index (χ1n) is 6.73. The number of halogens is 1. The first-order valence-corrected chi connectivity index (χ1v) is 7.71. The van der Waals surface area contributed by atoms with Crippen LogP contribution in [-0.2, 0) is 0 Å². The number of benzene rings is 2. The van der Waals surface area contributed by atoms with Gasteiger partial charge in [0.05, 0.1) is 0 Å². The molecule has 0 spiro atoms. The molecular weight excluding hydrogens is 269 g/mol. The minimum atomic E-state index is -0.178. The maximum atomic E-state index is 13.2. The van der Waals surface area contributed by atoms with Crippen molar-refractivity contribution in [2.45, 2.75) is 24.8 Å². The van der Waals surface area contributed by atoms with Gasteiger partial charge in [-0.25, -0.2) is 4.39 Å². The smallest absolute Gasteiger partial charge is 0.124 e. The maximum absolute atomic E-state index is 13.2. The van der Waals surface area contributed by atoms with Crippen LogP contribution in [0, 0.1) is 19.7 Å². The molecule has 0 aliphatic carbocycles. The van der Waals surface area contributed by atoms with Crippen LogP contribution in [0.2, 0.25) is 0 Å². The van der Waals surface area contributed by atoms with Crippen LogP contribution in [0.1, 0.15) is 22.7 Å². The van der Waals surface area contributed by atoms with E-state index in [9.17, 15) is 4.39 Å². The molecule has 0 aliphatic heterocycles. The predicted molar refractivity (Wildman–Crippen MR) is 84.8 cm³/mol. The van der Waals surface area contributed by atoms with Crippen molar-refractivity contribution >= 4 is 11.8 Å². The average molecular weight is 289 g/mol. The number of nitrogens with one attached hydrogen (secondary N) is 1. The molecule has 20 heavy (non-hydrogen) atoms. The van der Waals surface area contributed by atoms with Crippen molar-refractivity contribution in [1.82, 2.24) is 5.32 Å². The van der Waals surface area contributed by atoms with Gasteiger partial charge in [0, 0.05) is 16.7 Å². The van der Waals surface area contributed by atoms with Gasteiger partial charge in [-0.1, -0.05) is 29.8 Å². The summed E-state index contributed by atoms with van der Waals surface area (Å²) in [6, 6.07) is 13.5. The van der Waals surface area contributed by atoms with E-state index in [1.54, 1.807) is 23.9 Å². The highest BCUT2D eigenvalue weighted by Crippen LogP contribution is 2.27.